The van der Waals surface area contributed by atoms with Gasteiger partial charge >= 0.3 is 0 Å². The van der Waals surface area contributed by atoms with E-state index in [1.165, 1.54) is 11.1 Å². The number of aromatic nitrogens is 2. The molecule has 0 aliphatic carbocycles. The highest BCUT2D eigenvalue weighted by Crippen LogP contribution is 2.24. The molecule has 0 bridgehead atoms. The number of hydrogen-bond donors (Lipinski definition) is 0. The molecule has 0 spiro atoms. The molecule has 0 N–H and O–H groups in total. The predicted octanol–water partition coefficient (Wildman–Crippen LogP) is 4.32. The van der Waals surface area contributed by atoms with Gasteiger partial charge < -0.3 is 9.47 Å². The molecule has 0 radical (unpaired) electrons. The fourth-order valence-corrected chi connectivity index (χ4v) is 4.31. The Balaban J connectivity index is 1.60. The minimum Gasteiger partial charge on any atom is -0.338 e. The number of carbonyl (C=O) groups is 1. The van der Waals surface area contributed by atoms with Gasteiger partial charge in [-0.3, -0.25) is 14.7 Å². The Morgan fingerprint density at radius 3 is 2.39 bits per heavy atom. The lowest BCUT2D eigenvalue weighted by molar-refractivity contribution is 0.0614. The summed E-state index contributed by atoms with van der Waals surface area (Å²) in [6.07, 6.45) is 5.69. The summed E-state index contributed by atoms with van der Waals surface area (Å²) in [5.41, 5.74) is 5.36. The second-order valence-electron chi connectivity index (χ2n) is 8.89. The summed E-state index contributed by atoms with van der Waals surface area (Å²) in [6, 6.07) is 14.4. The Labute approximate surface area is 185 Å². The molecule has 1 fully saturated rings. The Hall–Kier alpha value is -2.92. The largest absolute Gasteiger partial charge is 0.338 e. The zero-order chi connectivity index (χ0) is 21.8. The van der Waals surface area contributed by atoms with Crippen molar-refractivity contribution in [2.24, 2.45) is 5.92 Å². The first-order chi connectivity index (χ1) is 15.0. The van der Waals surface area contributed by atoms with Crippen molar-refractivity contribution in [2.75, 3.05) is 32.7 Å². The van der Waals surface area contributed by atoms with Crippen LogP contribution in [0.25, 0.3) is 11.1 Å². The van der Waals surface area contributed by atoms with Crippen molar-refractivity contribution in [2.45, 2.75) is 27.3 Å². The van der Waals surface area contributed by atoms with Gasteiger partial charge in [0.2, 0.25) is 0 Å². The van der Waals surface area contributed by atoms with Crippen molar-refractivity contribution >= 4 is 5.91 Å². The molecule has 5 nitrogen and oxygen atoms in total. The first-order valence-corrected chi connectivity index (χ1v) is 11.2. The molecular weight excluding hydrogens is 384 g/mol. The highest BCUT2D eigenvalue weighted by molar-refractivity contribution is 5.94. The van der Waals surface area contributed by atoms with Crippen molar-refractivity contribution in [3.8, 4) is 11.1 Å². The second kappa shape index (κ2) is 9.48. The Morgan fingerprint density at radius 1 is 1.00 bits per heavy atom. The van der Waals surface area contributed by atoms with Crippen LogP contribution >= 0.6 is 0 Å². The quantitative estimate of drug-likeness (QED) is 0.601. The lowest BCUT2D eigenvalue weighted by atomic mass is 10.1. The normalized spacial score (nSPS) is 14.9. The van der Waals surface area contributed by atoms with Gasteiger partial charge in [-0.2, -0.15) is 0 Å². The third-order valence-electron chi connectivity index (χ3n) is 6.01. The van der Waals surface area contributed by atoms with Crippen molar-refractivity contribution in [3.63, 3.8) is 0 Å². The molecule has 0 saturated carbocycles. The van der Waals surface area contributed by atoms with Crippen LogP contribution in [0.2, 0.25) is 0 Å². The van der Waals surface area contributed by atoms with Crippen LogP contribution in [0.4, 0.5) is 0 Å². The number of carbonyl (C=O) groups excluding carboxylic acids is 1. The Bertz CT molecular complexity index is 1020. The summed E-state index contributed by atoms with van der Waals surface area (Å²) in [5.74, 6) is 0.773. The molecule has 1 aromatic carbocycles. The van der Waals surface area contributed by atoms with E-state index in [9.17, 15) is 4.79 Å². The van der Waals surface area contributed by atoms with E-state index in [1.807, 2.05) is 23.1 Å². The maximum Gasteiger partial charge on any atom is 0.270 e. The minimum absolute atomic E-state index is 0.123. The number of nitrogens with zero attached hydrogens (tertiary/aromatic N) is 4. The summed E-state index contributed by atoms with van der Waals surface area (Å²) in [5, 5.41) is 0. The van der Waals surface area contributed by atoms with Crippen LogP contribution in [0, 0.1) is 12.8 Å². The van der Waals surface area contributed by atoms with Crippen LogP contribution in [0.15, 0.2) is 61.1 Å². The van der Waals surface area contributed by atoms with E-state index in [1.54, 1.807) is 12.4 Å². The van der Waals surface area contributed by atoms with E-state index in [2.05, 4.69) is 65.7 Å². The van der Waals surface area contributed by atoms with Gasteiger partial charge in [-0.1, -0.05) is 38.1 Å². The third-order valence-corrected chi connectivity index (χ3v) is 6.01. The fraction of sp³-hybridized carbons (Fsp3) is 0.385. The molecule has 4 rings (SSSR count). The SMILES string of the molecule is Cc1ccccc1Cn1cc(-c2ccncc2)cc1C(=O)N1CCN(CC(C)C)CC1. The van der Waals surface area contributed by atoms with Gasteiger partial charge in [0.15, 0.2) is 0 Å². The summed E-state index contributed by atoms with van der Waals surface area (Å²) >= 11 is 0. The molecule has 5 heteroatoms. The van der Waals surface area contributed by atoms with Crippen molar-refractivity contribution in [1.82, 2.24) is 19.4 Å². The molecule has 1 saturated heterocycles. The lowest BCUT2D eigenvalue weighted by Gasteiger charge is -2.35. The zero-order valence-corrected chi connectivity index (χ0v) is 18.8. The average molecular weight is 417 g/mol. The Morgan fingerprint density at radius 2 is 1.71 bits per heavy atom. The number of hydrogen-bond acceptors (Lipinski definition) is 3. The van der Waals surface area contributed by atoms with Crippen LogP contribution < -0.4 is 0 Å². The molecule has 1 aliphatic heterocycles. The number of rotatable bonds is 6. The standard InChI is InChI=1S/C26H32N4O/c1-20(2)17-28-12-14-29(15-13-28)26(31)25-16-24(22-8-10-27-11-9-22)19-30(25)18-23-7-5-4-6-21(23)3/h4-11,16,19-20H,12-15,17-18H2,1-3H3. The summed E-state index contributed by atoms with van der Waals surface area (Å²) in [7, 11) is 0. The molecule has 3 aromatic rings. The molecule has 0 atom stereocenters. The maximum absolute atomic E-state index is 13.5. The number of benzene rings is 1. The number of amides is 1. The second-order valence-corrected chi connectivity index (χ2v) is 8.89. The van der Waals surface area contributed by atoms with Gasteiger partial charge in [0.05, 0.1) is 0 Å². The van der Waals surface area contributed by atoms with E-state index < -0.39 is 0 Å². The first kappa shape index (κ1) is 21.3. The number of pyridine rings is 1. The average Bonchev–Trinajstić information content (AvgIpc) is 3.19. The smallest absolute Gasteiger partial charge is 0.270 e. The van der Waals surface area contributed by atoms with Gasteiger partial charge in [0.25, 0.3) is 5.91 Å². The minimum atomic E-state index is 0.123. The predicted molar refractivity (Wildman–Crippen MR) is 125 cm³/mol. The van der Waals surface area contributed by atoms with Crippen molar-refractivity contribution in [3.05, 3.63) is 77.9 Å². The van der Waals surface area contributed by atoms with Crippen LogP contribution in [0.1, 0.15) is 35.5 Å². The number of aryl methyl sites for hydroxylation is 1. The van der Waals surface area contributed by atoms with Gasteiger partial charge in [0, 0.05) is 63.4 Å². The van der Waals surface area contributed by atoms with Crippen LogP contribution in [0.5, 0.6) is 0 Å². The van der Waals surface area contributed by atoms with Gasteiger partial charge in [0.1, 0.15) is 5.69 Å². The molecule has 162 valence electrons. The summed E-state index contributed by atoms with van der Waals surface area (Å²) < 4.78 is 2.11. The molecule has 1 amide bonds. The van der Waals surface area contributed by atoms with Gasteiger partial charge in [-0.05, 0) is 47.7 Å². The van der Waals surface area contributed by atoms with E-state index in [4.69, 9.17) is 0 Å². The lowest BCUT2D eigenvalue weighted by Crippen LogP contribution is -2.49. The molecule has 0 unspecified atom stereocenters. The molecule has 31 heavy (non-hydrogen) atoms. The van der Waals surface area contributed by atoms with E-state index in [0.717, 1.165) is 49.5 Å². The topological polar surface area (TPSA) is 41.4 Å². The maximum atomic E-state index is 13.5. The van der Waals surface area contributed by atoms with Gasteiger partial charge in [-0.15, -0.1) is 0 Å². The number of piperazine rings is 1. The van der Waals surface area contributed by atoms with E-state index in [0.29, 0.717) is 12.5 Å². The van der Waals surface area contributed by atoms with Crippen molar-refractivity contribution in [1.29, 1.82) is 0 Å². The molecule has 2 aromatic heterocycles. The van der Waals surface area contributed by atoms with Crippen molar-refractivity contribution < 1.29 is 4.79 Å². The molecular formula is C26H32N4O. The highest BCUT2D eigenvalue weighted by Gasteiger charge is 2.25. The fourth-order valence-electron chi connectivity index (χ4n) is 4.31. The highest BCUT2D eigenvalue weighted by atomic mass is 16.2. The Kier molecular flexibility index (Phi) is 6.52. The monoisotopic (exact) mass is 416 g/mol. The van der Waals surface area contributed by atoms with Crippen LogP contribution in [0.3, 0.4) is 0 Å². The zero-order valence-electron chi connectivity index (χ0n) is 18.8. The summed E-state index contributed by atoms with van der Waals surface area (Å²) in [6.45, 7) is 11.9. The van der Waals surface area contributed by atoms with E-state index >= 15 is 0 Å². The van der Waals surface area contributed by atoms with Gasteiger partial charge in [-0.25, -0.2) is 0 Å². The first-order valence-electron chi connectivity index (χ1n) is 11.2. The van der Waals surface area contributed by atoms with Crippen LogP contribution in [-0.4, -0.2) is 58.0 Å². The third kappa shape index (κ3) is 5.05. The molecule has 3 heterocycles. The molecule has 1 aliphatic rings. The summed E-state index contributed by atoms with van der Waals surface area (Å²) in [4.78, 5) is 22.1. The van der Waals surface area contributed by atoms with Crippen LogP contribution in [-0.2, 0) is 6.54 Å². The van der Waals surface area contributed by atoms with E-state index in [-0.39, 0.29) is 5.91 Å².